The minimum Gasteiger partial charge on any atom is -0.497 e. The molecule has 0 aliphatic heterocycles. The van der Waals surface area contributed by atoms with Crippen molar-refractivity contribution in [3.8, 4) is 11.5 Å². The van der Waals surface area contributed by atoms with Crippen LogP contribution < -0.4 is 14.8 Å². The molecule has 0 aliphatic carbocycles. The standard InChI is InChI=1S/C16H18BrNO2/c1-19-14-6-3-12(4-7-14)9-10-18-13-5-8-15(17)16(11-13)20-2/h3-8,11,18H,9-10H2,1-2H3. The van der Waals surface area contributed by atoms with E-state index in [1.807, 2.05) is 30.3 Å². The molecule has 4 heteroatoms. The molecule has 0 radical (unpaired) electrons. The lowest BCUT2D eigenvalue weighted by Gasteiger charge is -2.09. The Morgan fingerprint density at radius 2 is 1.75 bits per heavy atom. The van der Waals surface area contributed by atoms with Crippen LogP contribution in [0.25, 0.3) is 0 Å². The number of hydrogen-bond donors (Lipinski definition) is 1. The highest BCUT2D eigenvalue weighted by Gasteiger charge is 2.01. The summed E-state index contributed by atoms with van der Waals surface area (Å²) < 4.78 is 11.4. The molecule has 0 aliphatic rings. The Morgan fingerprint density at radius 1 is 1.00 bits per heavy atom. The molecule has 0 spiro atoms. The second-order valence-corrected chi connectivity index (χ2v) is 5.23. The average molecular weight is 336 g/mol. The van der Waals surface area contributed by atoms with Crippen molar-refractivity contribution in [1.29, 1.82) is 0 Å². The third kappa shape index (κ3) is 3.90. The molecule has 2 rings (SSSR count). The van der Waals surface area contributed by atoms with E-state index >= 15 is 0 Å². The molecule has 0 bridgehead atoms. The van der Waals surface area contributed by atoms with Gasteiger partial charge in [0, 0.05) is 18.3 Å². The molecule has 0 amide bonds. The van der Waals surface area contributed by atoms with Crippen LogP contribution in [0.1, 0.15) is 5.56 Å². The number of anilines is 1. The van der Waals surface area contributed by atoms with Gasteiger partial charge in [-0.3, -0.25) is 0 Å². The summed E-state index contributed by atoms with van der Waals surface area (Å²) in [6, 6.07) is 14.1. The van der Waals surface area contributed by atoms with Crippen molar-refractivity contribution in [3.05, 3.63) is 52.5 Å². The molecular formula is C16H18BrNO2. The van der Waals surface area contributed by atoms with Gasteiger partial charge in [-0.2, -0.15) is 0 Å². The lowest BCUT2D eigenvalue weighted by atomic mass is 10.1. The largest absolute Gasteiger partial charge is 0.497 e. The highest BCUT2D eigenvalue weighted by molar-refractivity contribution is 9.10. The summed E-state index contributed by atoms with van der Waals surface area (Å²) in [4.78, 5) is 0. The third-order valence-electron chi connectivity index (χ3n) is 3.05. The first-order chi connectivity index (χ1) is 9.72. The van der Waals surface area contributed by atoms with Crippen LogP contribution in [-0.4, -0.2) is 20.8 Å². The first-order valence-electron chi connectivity index (χ1n) is 6.43. The Balaban J connectivity index is 1.88. The van der Waals surface area contributed by atoms with Gasteiger partial charge in [0.1, 0.15) is 11.5 Å². The summed E-state index contributed by atoms with van der Waals surface area (Å²) in [6.07, 6.45) is 0.961. The normalized spacial score (nSPS) is 10.2. The van der Waals surface area contributed by atoms with Gasteiger partial charge in [0.25, 0.3) is 0 Å². The molecule has 0 heterocycles. The van der Waals surface area contributed by atoms with Gasteiger partial charge in [0.05, 0.1) is 18.7 Å². The van der Waals surface area contributed by atoms with Crippen LogP contribution in [0, 0.1) is 0 Å². The fourth-order valence-corrected chi connectivity index (χ4v) is 2.32. The van der Waals surface area contributed by atoms with Gasteiger partial charge in [0.15, 0.2) is 0 Å². The quantitative estimate of drug-likeness (QED) is 0.861. The molecule has 2 aromatic carbocycles. The van der Waals surface area contributed by atoms with Gasteiger partial charge >= 0.3 is 0 Å². The number of rotatable bonds is 6. The van der Waals surface area contributed by atoms with E-state index in [9.17, 15) is 0 Å². The highest BCUT2D eigenvalue weighted by Crippen LogP contribution is 2.27. The Bertz CT molecular complexity index is 555. The van der Waals surface area contributed by atoms with E-state index in [4.69, 9.17) is 9.47 Å². The number of ether oxygens (including phenoxy) is 2. The van der Waals surface area contributed by atoms with Gasteiger partial charge in [-0.05, 0) is 52.2 Å². The first kappa shape index (κ1) is 14.7. The fourth-order valence-electron chi connectivity index (χ4n) is 1.91. The minimum absolute atomic E-state index is 0.833. The fraction of sp³-hybridized carbons (Fsp3) is 0.250. The van der Waals surface area contributed by atoms with Gasteiger partial charge in [-0.15, -0.1) is 0 Å². The number of benzene rings is 2. The topological polar surface area (TPSA) is 30.5 Å². The summed E-state index contributed by atoms with van der Waals surface area (Å²) >= 11 is 3.44. The SMILES string of the molecule is COc1ccc(CCNc2ccc(Br)c(OC)c2)cc1. The van der Waals surface area contributed by atoms with E-state index in [-0.39, 0.29) is 0 Å². The van der Waals surface area contributed by atoms with Gasteiger partial charge in [-0.1, -0.05) is 12.1 Å². The van der Waals surface area contributed by atoms with Crippen LogP contribution in [0.3, 0.4) is 0 Å². The van der Waals surface area contributed by atoms with Crippen molar-refractivity contribution >= 4 is 21.6 Å². The van der Waals surface area contributed by atoms with Crippen LogP contribution >= 0.6 is 15.9 Å². The first-order valence-corrected chi connectivity index (χ1v) is 7.22. The number of halogens is 1. The monoisotopic (exact) mass is 335 g/mol. The lowest BCUT2D eigenvalue weighted by Crippen LogP contribution is -2.05. The molecule has 0 fully saturated rings. The number of nitrogens with one attached hydrogen (secondary N) is 1. The van der Waals surface area contributed by atoms with E-state index in [0.717, 1.165) is 34.6 Å². The van der Waals surface area contributed by atoms with Gasteiger partial charge in [-0.25, -0.2) is 0 Å². The molecule has 106 valence electrons. The maximum absolute atomic E-state index is 5.27. The van der Waals surface area contributed by atoms with Crippen LogP contribution in [0.5, 0.6) is 11.5 Å². The minimum atomic E-state index is 0.833. The molecule has 0 saturated carbocycles. The maximum Gasteiger partial charge on any atom is 0.135 e. The van der Waals surface area contributed by atoms with Crippen molar-refractivity contribution in [3.63, 3.8) is 0 Å². The molecule has 20 heavy (non-hydrogen) atoms. The van der Waals surface area contributed by atoms with Crippen molar-refractivity contribution in [2.75, 3.05) is 26.1 Å². The summed E-state index contributed by atoms with van der Waals surface area (Å²) in [5.74, 6) is 1.72. The Hall–Kier alpha value is -1.68. The Morgan fingerprint density at radius 3 is 2.40 bits per heavy atom. The number of hydrogen-bond acceptors (Lipinski definition) is 3. The van der Waals surface area contributed by atoms with Crippen LogP contribution in [0.15, 0.2) is 46.9 Å². The lowest BCUT2D eigenvalue weighted by molar-refractivity contribution is 0.412. The Labute approximate surface area is 128 Å². The predicted molar refractivity (Wildman–Crippen MR) is 85.9 cm³/mol. The van der Waals surface area contributed by atoms with E-state index in [1.54, 1.807) is 14.2 Å². The smallest absolute Gasteiger partial charge is 0.135 e. The summed E-state index contributed by atoms with van der Waals surface area (Å²) in [7, 11) is 3.35. The van der Waals surface area contributed by atoms with Crippen molar-refractivity contribution in [2.45, 2.75) is 6.42 Å². The molecule has 3 nitrogen and oxygen atoms in total. The zero-order valence-corrected chi connectivity index (χ0v) is 13.2. The summed E-state index contributed by atoms with van der Waals surface area (Å²) in [6.45, 7) is 0.872. The summed E-state index contributed by atoms with van der Waals surface area (Å²) in [5, 5.41) is 3.39. The Kier molecular flexibility index (Phi) is 5.30. The molecule has 0 atom stereocenters. The molecule has 2 aromatic rings. The maximum atomic E-state index is 5.27. The average Bonchev–Trinajstić information content (AvgIpc) is 2.49. The van der Waals surface area contributed by atoms with Gasteiger partial charge in [0.2, 0.25) is 0 Å². The summed E-state index contributed by atoms with van der Waals surface area (Å²) in [5.41, 5.74) is 2.33. The predicted octanol–water partition coefficient (Wildman–Crippen LogP) is 4.12. The highest BCUT2D eigenvalue weighted by atomic mass is 79.9. The van der Waals surface area contributed by atoms with Gasteiger partial charge < -0.3 is 14.8 Å². The van der Waals surface area contributed by atoms with E-state index in [1.165, 1.54) is 5.56 Å². The second kappa shape index (κ2) is 7.20. The third-order valence-corrected chi connectivity index (χ3v) is 3.71. The van der Waals surface area contributed by atoms with Crippen molar-refractivity contribution < 1.29 is 9.47 Å². The molecular weight excluding hydrogens is 318 g/mol. The molecule has 0 unspecified atom stereocenters. The van der Waals surface area contributed by atoms with Crippen molar-refractivity contribution in [2.24, 2.45) is 0 Å². The van der Waals surface area contributed by atoms with E-state index in [2.05, 4.69) is 33.4 Å². The van der Waals surface area contributed by atoms with Crippen molar-refractivity contribution in [1.82, 2.24) is 0 Å². The van der Waals surface area contributed by atoms with E-state index < -0.39 is 0 Å². The van der Waals surface area contributed by atoms with Crippen LogP contribution in [-0.2, 0) is 6.42 Å². The second-order valence-electron chi connectivity index (χ2n) is 4.37. The molecule has 0 saturated heterocycles. The molecule has 1 N–H and O–H groups in total. The van der Waals surface area contributed by atoms with Crippen LogP contribution in [0.4, 0.5) is 5.69 Å². The van der Waals surface area contributed by atoms with E-state index in [0.29, 0.717) is 0 Å². The zero-order valence-electron chi connectivity index (χ0n) is 11.7. The zero-order chi connectivity index (χ0) is 14.4. The number of methoxy groups -OCH3 is 2. The van der Waals surface area contributed by atoms with Crippen LogP contribution in [0.2, 0.25) is 0 Å². The molecule has 0 aromatic heterocycles.